The number of aryl methyl sites for hydroxylation is 1. The van der Waals surface area contributed by atoms with Gasteiger partial charge in [0, 0.05) is 10.5 Å². The average Bonchev–Trinajstić information content (AvgIpc) is 3.31. The SMILES string of the molecule is COc1cc(/C=C2\C(=O)NC(=O)N(C3CCCC3)C2=O)c(Br)cc1OCc1ccc(C)cc1. The number of amides is 4. The standard InChI is InChI=1S/C25H25BrN2O5/c1-15-7-9-16(10-8-15)14-33-22-13-20(26)17(12-21(22)32-2)11-19-23(29)27-25(31)28(24(19)30)18-5-3-4-6-18/h7-13,18H,3-6,14H2,1-2H3,(H,27,29,31)/b19-11+. The molecule has 4 amide bonds. The number of nitrogens with zero attached hydrogens (tertiary/aromatic N) is 1. The predicted octanol–water partition coefficient (Wildman–Crippen LogP) is 4.75. The maximum atomic E-state index is 13.1. The third-order valence-corrected chi connectivity index (χ3v) is 6.61. The Bertz CT molecular complexity index is 1120. The van der Waals surface area contributed by atoms with Gasteiger partial charge in [-0.25, -0.2) is 4.79 Å². The highest BCUT2D eigenvalue weighted by molar-refractivity contribution is 9.10. The van der Waals surface area contributed by atoms with E-state index in [4.69, 9.17) is 9.47 Å². The first-order valence-corrected chi connectivity index (χ1v) is 11.6. The predicted molar refractivity (Wildman–Crippen MR) is 127 cm³/mol. The van der Waals surface area contributed by atoms with Crippen molar-refractivity contribution in [3.05, 3.63) is 63.1 Å². The number of ether oxygens (including phenoxy) is 2. The highest BCUT2D eigenvalue weighted by Crippen LogP contribution is 2.36. The number of hydrogen-bond acceptors (Lipinski definition) is 5. The molecule has 0 aromatic heterocycles. The minimum absolute atomic E-state index is 0.0856. The third-order valence-electron chi connectivity index (χ3n) is 5.92. The number of barbiturate groups is 1. The van der Waals surface area contributed by atoms with E-state index in [1.165, 1.54) is 23.6 Å². The van der Waals surface area contributed by atoms with Crippen LogP contribution < -0.4 is 14.8 Å². The quantitative estimate of drug-likeness (QED) is 0.445. The number of imide groups is 2. The Kier molecular flexibility index (Phi) is 6.83. The van der Waals surface area contributed by atoms with E-state index in [9.17, 15) is 14.4 Å². The van der Waals surface area contributed by atoms with E-state index in [-0.39, 0.29) is 11.6 Å². The van der Waals surface area contributed by atoms with Crippen LogP contribution in [-0.4, -0.2) is 35.9 Å². The van der Waals surface area contributed by atoms with Gasteiger partial charge in [-0.2, -0.15) is 0 Å². The van der Waals surface area contributed by atoms with Gasteiger partial charge in [-0.05, 0) is 49.1 Å². The summed E-state index contributed by atoms with van der Waals surface area (Å²) in [4.78, 5) is 39.0. The van der Waals surface area contributed by atoms with Crippen molar-refractivity contribution in [3.63, 3.8) is 0 Å². The van der Waals surface area contributed by atoms with Crippen LogP contribution >= 0.6 is 15.9 Å². The molecule has 2 aromatic carbocycles. The number of urea groups is 1. The molecule has 0 unspecified atom stereocenters. The van der Waals surface area contributed by atoms with E-state index in [1.807, 2.05) is 31.2 Å². The number of methoxy groups -OCH3 is 1. The molecule has 1 aliphatic heterocycles. The zero-order valence-corrected chi connectivity index (χ0v) is 20.1. The van der Waals surface area contributed by atoms with E-state index >= 15 is 0 Å². The summed E-state index contributed by atoms with van der Waals surface area (Å²) in [5.74, 6) is -0.287. The second-order valence-corrected chi connectivity index (χ2v) is 9.08. The number of rotatable bonds is 6. The Balaban J connectivity index is 1.60. The second-order valence-electron chi connectivity index (χ2n) is 8.23. The summed E-state index contributed by atoms with van der Waals surface area (Å²) in [5.41, 5.74) is 2.67. The molecule has 172 valence electrons. The first kappa shape index (κ1) is 23.0. The van der Waals surface area contributed by atoms with Crippen LogP contribution in [0.2, 0.25) is 0 Å². The van der Waals surface area contributed by atoms with Crippen LogP contribution in [0.4, 0.5) is 4.79 Å². The molecule has 0 bridgehead atoms. The number of carbonyl (C=O) groups excluding carboxylic acids is 3. The van der Waals surface area contributed by atoms with Crippen molar-refractivity contribution in [1.29, 1.82) is 0 Å². The average molecular weight is 513 g/mol. The van der Waals surface area contributed by atoms with Gasteiger partial charge >= 0.3 is 6.03 Å². The first-order valence-electron chi connectivity index (χ1n) is 10.8. The van der Waals surface area contributed by atoms with E-state index in [2.05, 4.69) is 21.2 Å². The third kappa shape index (κ3) is 4.95. The molecule has 1 aliphatic carbocycles. The summed E-state index contributed by atoms with van der Waals surface area (Å²) in [5, 5.41) is 2.30. The molecular weight excluding hydrogens is 488 g/mol. The highest BCUT2D eigenvalue weighted by Gasteiger charge is 2.40. The fourth-order valence-electron chi connectivity index (χ4n) is 4.10. The zero-order valence-electron chi connectivity index (χ0n) is 18.5. The molecule has 1 saturated carbocycles. The van der Waals surface area contributed by atoms with Crippen LogP contribution in [0, 0.1) is 6.92 Å². The van der Waals surface area contributed by atoms with Crippen LogP contribution in [0.25, 0.3) is 6.08 Å². The molecule has 1 N–H and O–H groups in total. The lowest BCUT2D eigenvalue weighted by Gasteiger charge is -2.31. The molecule has 0 radical (unpaired) electrons. The lowest BCUT2D eigenvalue weighted by Crippen LogP contribution is -2.57. The van der Waals surface area contributed by atoms with Crippen molar-refractivity contribution in [3.8, 4) is 11.5 Å². The van der Waals surface area contributed by atoms with Gasteiger partial charge in [-0.1, -0.05) is 58.6 Å². The second kappa shape index (κ2) is 9.79. The Labute approximate surface area is 200 Å². The molecule has 0 spiro atoms. The summed E-state index contributed by atoms with van der Waals surface area (Å²) in [7, 11) is 1.53. The van der Waals surface area contributed by atoms with Gasteiger partial charge in [0.2, 0.25) is 0 Å². The largest absolute Gasteiger partial charge is 0.493 e. The molecule has 1 heterocycles. The Morgan fingerprint density at radius 3 is 2.45 bits per heavy atom. The molecular formula is C25H25BrN2O5. The van der Waals surface area contributed by atoms with Crippen molar-refractivity contribution in [1.82, 2.24) is 10.2 Å². The molecule has 1 saturated heterocycles. The number of nitrogens with one attached hydrogen (secondary N) is 1. The lowest BCUT2D eigenvalue weighted by atomic mass is 10.0. The minimum Gasteiger partial charge on any atom is -0.493 e. The molecule has 2 aromatic rings. The van der Waals surface area contributed by atoms with Crippen LogP contribution in [0.3, 0.4) is 0 Å². The fraction of sp³-hybridized carbons (Fsp3) is 0.320. The van der Waals surface area contributed by atoms with Gasteiger partial charge in [0.05, 0.1) is 7.11 Å². The maximum Gasteiger partial charge on any atom is 0.331 e. The number of halogens is 1. The van der Waals surface area contributed by atoms with Gasteiger partial charge in [0.1, 0.15) is 12.2 Å². The molecule has 0 atom stereocenters. The summed E-state index contributed by atoms with van der Waals surface area (Å²) in [6.45, 7) is 2.39. The zero-order chi connectivity index (χ0) is 23.5. The molecule has 4 rings (SSSR count). The Morgan fingerprint density at radius 1 is 1.09 bits per heavy atom. The van der Waals surface area contributed by atoms with E-state index in [0.717, 1.165) is 31.2 Å². The van der Waals surface area contributed by atoms with Crippen molar-refractivity contribution >= 4 is 39.9 Å². The Hall–Kier alpha value is -3.13. The van der Waals surface area contributed by atoms with Crippen molar-refractivity contribution in [2.24, 2.45) is 0 Å². The monoisotopic (exact) mass is 512 g/mol. The maximum absolute atomic E-state index is 13.1. The summed E-state index contributed by atoms with van der Waals surface area (Å²) < 4.78 is 12.1. The van der Waals surface area contributed by atoms with Gasteiger partial charge in [0.15, 0.2) is 11.5 Å². The highest BCUT2D eigenvalue weighted by atomic mass is 79.9. The summed E-state index contributed by atoms with van der Waals surface area (Å²) in [6.07, 6.45) is 4.90. The number of hydrogen-bond donors (Lipinski definition) is 1. The number of benzene rings is 2. The fourth-order valence-corrected chi connectivity index (χ4v) is 4.54. The summed E-state index contributed by atoms with van der Waals surface area (Å²) in [6, 6.07) is 10.7. The van der Waals surface area contributed by atoms with Crippen LogP contribution in [0.1, 0.15) is 42.4 Å². The van der Waals surface area contributed by atoms with Crippen molar-refractivity contribution < 1.29 is 23.9 Å². The van der Waals surface area contributed by atoms with Gasteiger partial charge < -0.3 is 9.47 Å². The molecule has 7 nitrogen and oxygen atoms in total. The van der Waals surface area contributed by atoms with Crippen molar-refractivity contribution in [2.45, 2.75) is 45.3 Å². The lowest BCUT2D eigenvalue weighted by molar-refractivity contribution is -0.131. The van der Waals surface area contributed by atoms with Gasteiger partial charge in [-0.15, -0.1) is 0 Å². The topological polar surface area (TPSA) is 84.9 Å². The molecule has 2 aliphatic rings. The Morgan fingerprint density at radius 2 is 1.79 bits per heavy atom. The molecule has 2 fully saturated rings. The first-order chi connectivity index (χ1) is 15.9. The van der Waals surface area contributed by atoms with E-state index in [1.54, 1.807) is 12.1 Å². The summed E-state index contributed by atoms with van der Waals surface area (Å²) >= 11 is 3.50. The van der Waals surface area contributed by atoms with Crippen molar-refractivity contribution in [2.75, 3.05) is 7.11 Å². The van der Waals surface area contributed by atoms with Gasteiger partial charge in [-0.3, -0.25) is 19.8 Å². The molecule has 8 heteroatoms. The van der Waals surface area contributed by atoms with E-state index < -0.39 is 17.8 Å². The van der Waals surface area contributed by atoms with Gasteiger partial charge in [0.25, 0.3) is 11.8 Å². The van der Waals surface area contributed by atoms with Crippen LogP contribution in [0.5, 0.6) is 11.5 Å². The smallest absolute Gasteiger partial charge is 0.331 e. The normalized spacial score (nSPS) is 18.1. The molecule has 33 heavy (non-hydrogen) atoms. The van der Waals surface area contributed by atoms with E-state index in [0.29, 0.717) is 28.1 Å². The number of carbonyl (C=O) groups is 3. The minimum atomic E-state index is -0.704. The van der Waals surface area contributed by atoms with Crippen LogP contribution in [0.15, 0.2) is 46.4 Å². The van der Waals surface area contributed by atoms with Crippen LogP contribution in [-0.2, 0) is 16.2 Å².